The first-order valence-corrected chi connectivity index (χ1v) is 11.9. The molecule has 1 heterocycles. The molecular formula is C19H23N3O4S2. The molecule has 1 aliphatic heterocycles. The van der Waals surface area contributed by atoms with E-state index in [9.17, 15) is 16.8 Å². The molecule has 0 spiro atoms. The van der Waals surface area contributed by atoms with Crippen LogP contribution in [0.2, 0.25) is 0 Å². The lowest BCUT2D eigenvalue weighted by molar-refractivity contribution is 0.477. The third-order valence-electron chi connectivity index (χ3n) is 4.64. The zero-order chi connectivity index (χ0) is 20.4. The number of sulfonamides is 2. The lowest BCUT2D eigenvalue weighted by Gasteiger charge is -2.15. The summed E-state index contributed by atoms with van der Waals surface area (Å²) in [6.45, 7) is 4.62. The quantitative estimate of drug-likeness (QED) is 0.572. The van der Waals surface area contributed by atoms with Gasteiger partial charge in [0.2, 0.25) is 10.0 Å². The molecule has 0 radical (unpaired) electrons. The summed E-state index contributed by atoms with van der Waals surface area (Å²) < 4.78 is 51.2. The standard InChI is InChI=1S/C19H23N3O4S2/c1-15-5-9-18(10-6-15)27(23,24)21-20-16(2)17-7-11-19(12-8-17)28(25,26)22-13-3-4-14-22/h5-12,21H,3-4,13-14H2,1-2H3/b20-16+. The first-order valence-electron chi connectivity index (χ1n) is 8.93. The smallest absolute Gasteiger partial charge is 0.207 e. The summed E-state index contributed by atoms with van der Waals surface area (Å²) in [4.78, 5) is 2.57. The second-order valence-electron chi connectivity index (χ2n) is 6.74. The highest BCUT2D eigenvalue weighted by atomic mass is 32.2. The van der Waals surface area contributed by atoms with Gasteiger partial charge in [-0.15, -0.1) is 0 Å². The fourth-order valence-electron chi connectivity index (χ4n) is 2.91. The molecule has 7 nitrogen and oxygen atoms in total. The molecule has 150 valence electrons. The van der Waals surface area contributed by atoms with Gasteiger partial charge in [-0.3, -0.25) is 0 Å². The van der Waals surface area contributed by atoms with Crippen LogP contribution in [-0.4, -0.2) is 39.9 Å². The minimum absolute atomic E-state index is 0.127. The number of aryl methyl sites for hydroxylation is 1. The average molecular weight is 422 g/mol. The average Bonchev–Trinajstić information content (AvgIpc) is 3.22. The van der Waals surface area contributed by atoms with E-state index in [4.69, 9.17) is 0 Å². The summed E-state index contributed by atoms with van der Waals surface area (Å²) in [6, 6.07) is 12.8. The normalized spacial score (nSPS) is 16.3. The van der Waals surface area contributed by atoms with Crippen LogP contribution in [0.5, 0.6) is 0 Å². The molecule has 1 saturated heterocycles. The monoisotopic (exact) mass is 421 g/mol. The maximum atomic E-state index is 12.6. The summed E-state index contributed by atoms with van der Waals surface area (Å²) in [7, 11) is -7.24. The van der Waals surface area contributed by atoms with E-state index in [1.54, 1.807) is 31.2 Å². The first-order chi connectivity index (χ1) is 13.2. The second-order valence-corrected chi connectivity index (χ2v) is 10.3. The number of nitrogens with one attached hydrogen (secondary N) is 1. The SMILES string of the molecule is C/C(=N\NS(=O)(=O)c1ccc(C)cc1)c1ccc(S(=O)(=O)N2CCCC2)cc1. The molecule has 0 bridgehead atoms. The molecular weight excluding hydrogens is 398 g/mol. The summed E-state index contributed by atoms with van der Waals surface area (Å²) in [5.41, 5.74) is 2.02. The largest absolute Gasteiger partial charge is 0.276 e. The van der Waals surface area contributed by atoms with Gasteiger partial charge in [0.25, 0.3) is 10.0 Å². The van der Waals surface area contributed by atoms with E-state index in [0.717, 1.165) is 18.4 Å². The topological polar surface area (TPSA) is 95.9 Å². The van der Waals surface area contributed by atoms with Crippen LogP contribution in [0.3, 0.4) is 0 Å². The minimum atomic E-state index is -3.76. The van der Waals surface area contributed by atoms with E-state index in [-0.39, 0.29) is 9.79 Å². The van der Waals surface area contributed by atoms with Crippen molar-refractivity contribution in [3.8, 4) is 0 Å². The van der Waals surface area contributed by atoms with Gasteiger partial charge < -0.3 is 0 Å². The fraction of sp³-hybridized carbons (Fsp3) is 0.316. The molecule has 3 rings (SSSR count). The zero-order valence-corrected chi connectivity index (χ0v) is 17.4. The molecule has 1 N–H and O–H groups in total. The van der Waals surface area contributed by atoms with Gasteiger partial charge in [-0.25, -0.2) is 8.42 Å². The summed E-state index contributed by atoms with van der Waals surface area (Å²) in [5.74, 6) is 0. The molecule has 0 aliphatic carbocycles. The highest BCUT2D eigenvalue weighted by Crippen LogP contribution is 2.21. The Morgan fingerprint density at radius 3 is 2.00 bits per heavy atom. The summed E-state index contributed by atoms with van der Waals surface area (Å²) in [6.07, 6.45) is 1.76. The van der Waals surface area contributed by atoms with Crippen LogP contribution in [0.4, 0.5) is 0 Å². The first kappa shape index (κ1) is 20.5. The van der Waals surface area contributed by atoms with Crippen molar-refractivity contribution in [1.82, 2.24) is 9.14 Å². The van der Waals surface area contributed by atoms with Crippen molar-refractivity contribution in [3.63, 3.8) is 0 Å². The number of rotatable bonds is 6. The van der Waals surface area contributed by atoms with E-state index < -0.39 is 20.0 Å². The number of hydrogen-bond acceptors (Lipinski definition) is 5. The van der Waals surface area contributed by atoms with E-state index in [1.165, 1.54) is 28.6 Å². The van der Waals surface area contributed by atoms with Gasteiger partial charge in [-0.1, -0.05) is 29.8 Å². The van der Waals surface area contributed by atoms with Crippen molar-refractivity contribution in [3.05, 3.63) is 59.7 Å². The highest BCUT2D eigenvalue weighted by molar-refractivity contribution is 7.89. The van der Waals surface area contributed by atoms with Gasteiger partial charge in [0.15, 0.2) is 0 Å². The van der Waals surface area contributed by atoms with E-state index in [2.05, 4.69) is 9.93 Å². The van der Waals surface area contributed by atoms with Crippen molar-refractivity contribution >= 4 is 25.8 Å². The number of hydrogen-bond donors (Lipinski definition) is 1. The molecule has 28 heavy (non-hydrogen) atoms. The maximum Gasteiger partial charge on any atom is 0.276 e. The Balaban J connectivity index is 1.75. The van der Waals surface area contributed by atoms with Crippen molar-refractivity contribution in [2.24, 2.45) is 5.10 Å². The third-order valence-corrected chi connectivity index (χ3v) is 7.78. The van der Waals surface area contributed by atoms with Gasteiger partial charge in [0.1, 0.15) is 0 Å². The molecule has 0 unspecified atom stereocenters. The summed E-state index contributed by atoms with van der Waals surface area (Å²) >= 11 is 0. The minimum Gasteiger partial charge on any atom is -0.207 e. The third kappa shape index (κ3) is 4.43. The van der Waals surface area contributed by atoms with Crippen LogP contribution >= 0.6 is 0 Å². The zero-order valence-electron chi connectivity index (χ0n) is 15.8. The second kappa shape index (κ2) is 8.02. The molecule has 2 aromatic rings. The Hall–Kier alpha value is -2.23. The molecule has 2 aromatic carbocycles. The predicted molar refractivity (Wildman–Crippen MR) is 108 cm³/mol. The lowest BCUT2D eigenvalue weighted by atomic mass is 10.1. The van der Waals surface area contributed by atoms with Gasteiger partial charge in [0.05, 0.1) is 15.5 Å². The van der Waals surface area contributed by atoms with Crippen LogP contribution in [0.1, 0.15) is 30.9 Å². The molecule has 0 aromatic heterocycles. The van der Waals surface area contributed by atoms with Gasteiger partial charge in [0, 0.05) is 13.1 Å². The van der Waals surface area contributed by atoms with E-state index >= 15 is 0 Å². The Morgan fingerprint density at radius 2 is 1.43 bits per heavy atom. The van der Waals surface area contributed by atoms with Gasteiger partial charge in [-0.2, -0.15) is 22.7 Å². The molecule has 9 heteroatoms. The Labute approximate surface area is 166 Å². The number of nitrogens with zero attached hydrogens (tertiary/aromatic N) is 2. The van der Waals surface area contributed by atoms with Crippen LogP contribution in [0.15, 0.2) is 63.4 Å². The van der Waals surface area contributed by atoms with Crippen LogP contribution in [0.25, 0.3) is 0 Å². The molecule has 0 saturated carbocycles. The maximum absolute atomic E-state index is 12.6. The lowest BCUT2D eigenvalue weighted by Crippen LogP contribution is -2.27. The van der Waals surface area contributed by atoms with Crippen LogP contribution < -0.4 is 4.83 Å². The van der Waals surface area contributed by atoms with Crippen molar-refractivity contribution in [1.29, 1.82) is 0 Å². The van der Waals surface area contributed by atoms with Gasteiger partial charge in [-0.05, 0) is 56.5 Å². The van der Waals surface area contributed by atoms with E-state index in [1.807, 2.05) is 6.92 Å². The van der Waals surface area contributed by atoms with Gasteiger partial charge >= 0.3 is 0 Å². The number of hydrazone groups is 1. The van der Waals surface area contributed by atoms with E-state index in [0.29, 0.717) is 24.4 Å². The Morgan fingerprint density at radius 1 is 0.893 bits per heavy atom. The van der Waals surface area contributed by atoms with Crippen molar-refractivity contribution in [2.75, 3.05) is 13.1 Å². The van der Waals surface area contributed by atoms with Crippen molar-refractivity contribution in [2.45, 2.75) is 36.5 Å². The van der Waals surface area contributed by atoms with Crippen LogP contribution in [-0.2, 0) is 20.0 Å². The molecule has 0 amide bonds. The Bertz CT molecular complexity index is 1070. The Kier molecular flexibility index (Phi) is 5.87. The fourth-order valence-corrected chi connectivity index (χ4v) is 5.28. The molecule has 0 atom stereocenters. The molecule has 1 aliphatic rings. The van der Waals surface area contributed by atoms with Crippen LogP contribution in [0, 0.1) is 6.92 Å². The summed E-state index contributed by atoms with van der Waals surface area (Å²) in [5, 5.41) is 3.95. The van der Waals surface area contributed by atoms with Crippen molar-refractivity contribution < 1.29 is 16.8 Å². The predicted octanol–water partition coefficient (Wildman–Crippen LogP) is 2.48. The number of benzene rings is 2. The highest BCUT2D eigenvalue weighted by Gasteiger charge is 2.26. The molecule has 1 fully saturated rings.